The Morgan fingerprint density at radius 2 is 1.38 bits per heavy atom. The van der Waals surface area contributed by atoms with Gasteiger partial charge in [0.2, 0.25) is 5.91 Å². The Bertz CT molecular complexity index is 1450. The van der Waals surface area contributed by atoms with E-state index in [1.54, 1.807) is 4.90 Å². The van der Waals surface area contributed by atoms with Gasteiger partial charge in [-0.15, -0.1) is 0 Å². The summed E-state index contributed by atoms with van der Waals surface area (Å²) in [6, 6.07) is 34.1. The number of likely N-dealkylation sites (tertiary alicyclic amines) is 1. The van der Waals surface area contributed by atoms with Gasteiger partial charge in [-0.2, -0.15) is 0 Å². The highest BCUT2D eigenvalue weighted by Gasteiger charge is 2.62. The summed E-state index contributed by atoms with van der Waals surface area (Å²) in [7, 11) is 0. The standard InChI is InChI=1S/C32H28ClN3O3/c33-24-13-11-23(12-14-24)29-32(30(37)36(29)26-7-3-1-4-8-26)19-21-35(22-20-32)31(38)34-25-15-17-28(18-16-25)39-27-9-5-2-6-10-27/h1-18,29H,19-22H2,(H,34,38). The molecule has 4 aromatic rings. The fourth-order valence-electron chi connectivity index (χ4n) is 5.65. The third-order valence-electron chi connectivity index (χ3n) is 7.67. The summed E-state index contributed by atoms with van der Waals surface area (Å²) in [5.41, 5.74) is 2.08. The van der Waals surface area contributed by atoms with Crippen molar-refractivity contribution in [3.63, 3.8) is 0 Å². The van der Waals surface area contributed by atoms with Gasteiger partial charge in [-0.3, -0.25) is 4.79 Å². The molecule has 0 aromatic heterocycles. The molecular weight excluding hydrogens is 510 g/mol. The Balaban J connectivity index is 1.13. The molecule has 1 atom stereocenters. The second-order valence-corrected chi connectivity index (χ2v) is 10.4. The molecule has 4 aromatic carbocycles. The van der Waals surface area contributed by atoms with Crippen LogP contribution in [-0.2, 0) is 4.79 Å². The summed E-state index contributed by atoms with van der Waals surface area (Å²) >= 11 is 6.16. The van der Waals surface area contributed by atoms with E-state index in [0.29, 0.717) is 42.4 Å². The minimum Gasteiger partial charge on any atom is -0.457 e. The molecule has 39 heavy (non-hydrogen) atoms. The van der Waals surface area contributed by atoms with Crippen molar-refractivity contribution in [1.82, 2.24) is 4.90 Å². The summed E-state index contributed by atoms with van der Waals surface area (Å²) in [5, 5.41) is 3.65. The second-order valence-electron chi connectivity index (χ2n) is 9.98. The van der Waals surface area contributed by atoms with Crippen LogP contribution < -0.4 is 15.0 Å². The first-order chi connectivity index (χ1) is 19.0. The molecule has 2 saturated heterocycles. The number of carbonyl (C=O) groups is 2. The van der Waals surface area contributed by atoms with Crippen LogP contribution in [0.2, 0.25) is 5.02 Å². The lowest BCUT2D eigenvalue weighted by Gasteiger charge is -2.59. The quantitative estimate of drug-likeness (QED) is 0.268. The number of nitrogens with zero attached hydrogens (tertiary/aromatic N) is 2. The van der Waals surface area contributed by atoms with Crippen LogP contribution in [0, 0.1) is 5.41 Å². The molecule has 2 aliphatic heterocycles. The third-order valence-corrected chi connectivity index (χ3v) is 7.93. The molecule has 1 unspecified atom stereocenters. The van der Waals surface area contributed by atoms with Gasteiger partial charge in [-0.1, -0.05) is 60.1 Å². The average molecular weight is 538 g/mol. The number of hydrogen-bond acceptors (Lipinski definition) is 3. The van der Waals surface area contributed by atoms with Crippen LogP contribution in [-0.4, -0.2) is 29.9 Å². The first kappa shape index (κ1) is 25.0. The molecule has 1 spiro atoms. The number of ether oxygens (including phenoxy) is 1. The topological polar surface area (TPSA) is 61.9 Å². The van der Waals surface area contributed by atoms with Crippen molar-refractivity contribution in [3.8, 4) is 11.5 Å². The van der Waals surface area contributed by atoms with Gasteiger partial charge in [0, 0.05) is 29.5 Å². The predicted octanol–water partition coefficient (Wildman–Crippen LogP) is 7.53. The molecule has 2 fully saturated rings. The van der Waals surface area contributed by atoms with Crippen LogP contribution in [0.3, 0.4) is 0 Å². The van der Waals surface area contributed by atoms with E-state index in [1.165, 1.54) is 0 Å². The first-order valence-electron chi connectivity index (χ1n) is 13.1. The van der Waals surface area contributed by atoms with Gasteiger partial charge in [0.1, 0.15) is 11.5 Å². The number of amides is 3. The molecule has 2 aliphatic rings. The van der Waals surface area contributed by atoms with Crippen LogP contribution in [0.4, 0.5) is 16.2 Å². The number of benzene rings is 4. The predicted molar refractivity (Wildman–Crippen MR) is 153 cm³/mol. The summed E-state index contributed by atoms with van der Waals surface area (Å²) in [6.07, 6.45) is 1.19. The minimum atomic E-state index is -0.545. The first-order valence-corrected chi connectivity index (χ1v) is 13.4. The monoisotopic (exact) mass is 537 g/mol. The second kappa shape index (κ2) is 10.5. The fourth-order valence-corrected chi connectivity index (χ4v) is 5.78. The Morgan fingerprint density at radius 3 is 2.03 bits per heavy atom. The van der Waals surface area contributed by atoms with E-state index in [1.807, 2.05) is 114 Å². The zero-order valence-electron chi connectivity index (χ0n) is 21.3. The van der Waals surface area contributed by atoms with Crippen LogP contribution in [0.25, 0.3) is 0 Å². The highest BCUT2D eigenvalue weighted by Crippen LogP contribution is 2.57. The molecular formula is C32H28ClN3O3. The lowest BCUT2D eigenvalue weighted by Crippen LogP contribution is -2.67. The lowest BCUT2D eigenvalue weighted by molar-refractivity contribution is -0.144. The normalized spacial score (nSPS) is 18.0. The Morgan fingerprint density at radius 1 is 0.795 bits per heavy atom. The van der Waals surface area contributed by atoms with Crippen molar-refractivity contribution in [1.29, 1.82) is 0 Å². The number of anilines is 2. The van der Waals surface area contributed by atoms with Crippen molar-refractivity contribution in [2.45, 2.75) is 18.9 Å². The number of β-lactam (4-membered cyclic amide) rings is 1. The van der Waals surface area contributed by atoms with Gasteiger partial charge in [0.25, 0.3) is 0 Å². The maximum atomic E-state index is 13.7. The highest BCUT2D eigenvalue weighted by molar-refractivity contribution is 6.30. The maximum absolute atomic E-state index is 13.7. The average Bonchev–Trinajstić information content (AvgIpc) is 2.98. The summed E-state index contributed by atoms with van der Waals surface area (Å²) in [5.74, 6) is 1.56. The molecule has 6 rings (SSSR count). The van der Waals surface area contributed by atoms with Crippen molar-refractivity contribution < 1.29 is 14.3 Å². The van der Waals surface area contributed by atoms with E-state index in [-0.39, 0.29) is 18.0 Å². The van der Waals surface area contributed by atoms with E-state index in [2.05, 4.69) is 5.32 Å². The zero-order chi connectivity index (χ0) is 26.8. The molecule has 1 N–H and O–H groups in total. The number of urea groups is 1. The maximum Gasteiger partial charge on any atom is 0.321 e. The molecule has 0 radical (unpaired) electrons. The zero-order valence-corrected chi connectivity index (χ0v) is 22.1. The van der Waals surface area contributed by atoms with Crippen molar-refractivity contribution >= 4 is 34.9 Å². The smallest absolute Gasteiger partial charge is 0.321 e. The van der Waals surface area contributed by atoms with E-state index in [9.17, 15) is 9.59 Å². The number of halogens is 1. The molecule has 6 nitrogen and oxygen atoms in total. The van der Waals surface area contributed by atoms with Crippen molar-refractivity contribution in [3.05, 3.63) is 120 Å². The molecule has 196 valence electrons. The van der Waals surface area contributed by atoms with E-state index in [4.69, 9.17) is 16.3 Å². The SMILES string of the molecule is O=C(Nc1ccc(Oc2ccccc2)cc1)N1CCC2(CC1)C(=O)N(c1ccccc1)C2c1ccc(Cl)cc1. The Labute approximate surface area is 232 Å². The summed E-state index contributed by atoms with van der Waals surface area (Å²) < 4.78 is 5.83. The van der Waals surface area contributed by atoms with Crippen molar-refractivity contribution in [2.24, 2.45) is 5.41 Å². The van der Waals surface area contributed by atoms with Crippen molar-refractivity contribution in [2.75, 3.05) is 23.3 Å². The van der Waals surface area contributed by atoms with E-state index < -0.39 is 5.41 Å². The Kier molecular flexibility index (Phi) is 6.71. The number of piperidine rings is 1. The molecule has 3 amide bonds. The number of carbonyl (C=O) groups excluding carboxylic acids is 2. The van der Waals surface area contributed by atoms with E-state index >= 15 is 0 Å². The van der Waals surface area contributed by atoms with Gasteiger partial charge in [-0.05, 0) is 79.1 Å². The van der Waals surface area contributed by atoms with Gasteiger partial charge in [0.15, 0.2) is 0 Å². The van der Waals surface area contributed by atoms with Crippen LogP contribution in [0.1, 0.15) is 24.4 Å². The van der Waals surface area contributed by atoms with Gasteiger partial charge >= 0.3 is 6.03 Å². The fraction of sp³-hybridized carbons (Fsp3) is 0.188. The number of hydrogen-bond donors (Lipinski definition) is 1. The number of rotatable bonds is 5. The van der Waals surface area contributed by atoms with Crippen LogP contribution in [0.15, 0.2) is 109 Å². The molecule has 7 heteroatoms. The highest BCUT2D eigenvalue weighted by atomic mass is 35.5. The Hall–Kier alpha value is -4.29. The molecule has 2 heterocycles. The number of para-hydroxylation sites is 2. The number of nitrogens with one attached hydrogen (secondary N) is 1. The van der Waals surface area contributed by atoms with E-state index in [0.717, 1.165) is 17.0 Å². The molecule has 0 bridgehead atoms. The van der Waals surface area contributed by atoms with Gasteiger partial charge in [-0.25, -0.2) is 4.79 Å². The largest absolute Gasteiger partial charge is 0.457 e. The van der Waals surface area contributed by atoms with Gasteiger partial charge in [0.05, 0.1) is 11.5 Å². The van der Waals surface area contributed by atoms with Crippen LogP contribution in [0.5, 0.6) is 11.5 Å². The summed E-state index contributed by atoms with van der Waals surface area (Å²) in [6.45, 7) is 0.999. The lowest BCUT2D eigenvalue weighted by atomic mass is 9.62. The van der Waals surface area contributed by atoms with Crippen LogP contribution >= 0.6 is 11.6 Å². The minimum absolute atomic E-state index is 0.105. The molecule has 0 saturated carbocycles. The summed E-state index contributed by atoms with van der Waals surface area (Å²) in [4.78, 5) is 30.5. The third kappa shape index (κ3) is 4.84. The molecule has 0 aliphatic carbocycles. The van der Waals surface area contributed by atoms with Gasteiger partial charge < -0.3 is 19.9 Å².